The summed E-state index contributed by atoms with van der Waals surface area (Å²) in [7, 11) is 2.00. The molecule has 0 amide bonds. The molecule has 0 aliphatic rings. The number of nitrogens with one attached hydrogen (secondary N) is 1. The number of hydrogen-bond acceptors (Lipinski definition) is 2. The third kappa shape index (κ3) is 2.10. The zero-order chi connectivity index (χ0) is 9.84. The maximum Gasteiger partial charge on any atom is 0.0641 e. The van der Waals surface area contributed by atoms with Crippen molar-refractivity contribution in [2.45, 2.75) is 39.8 Å². The van der Waals surface area contributed by atoms with Crippen LogP contribution in [0.15, 0.2) is 6.20 Å². The molecule has 0 radical (unpaired) electrons. The maximum atomic E-state index is 4.42. The van der Waals surface area contributed by atoms with Crippen LogP contribution in [-0.4, -0.2) is 16.8 Å². The molecule has 1 aromatic heterocycles. The molecule has 1 unspecified atom stereocenters. The number of aryl methyl sites for hydroxylation is 2. The van der Waals surface area contributed by atoms with Crippen LogP contribution in [0, 0.1) is 6.92 Å². The first kappa shape index (κ1) is 10.3. The predicted molar refractivity (Wildman–Crippen MR) is 54.7 cm³/mol. The van der Waals surface area contributed by atoms with E-state index >= 15 is 0 Å². The van der Waals surface area contributed by atoms with Crippen LogP contribution in [0.25, 0.3) is 0 Å². The van der Waals surface area contributed by atoms with Gasteiger partial charge in [-0.3, -0.25) is 4.68 Å². The van der Waals surface area contributed by atoms with Crippen LogP contribution < -0.4 is 5.32 Å². The molecule has 0 saturated carbocycles. The van der Waals surface area contributed by atoms with Gasteiger partial charge in [0, 0.05) is 24.3 Å². The maximum absolute atomic E-state index is 4.42. The van der Waals surface area contributed by atoms with Gasteiger partial charge in [0.1, 0.15) is 0 Å². The first-order valence-electron chi connectivity index (χ1n) is 4.94. The first-order valence-corrected chi connectivity index (χ1v) is 4.94. The summed E-state index contributed by atoms with van der Waals surface area (Å²) in [5.41, 5.74) is 2.47. The van der Waals surface area contributed by atoms with Gasteiger partial charge in [-0.25, -0.2) is 0 Å². The van der Waals surface area contributed by atoms with E-state index in [0.717, 1.165) is 18.7 Å². The van der Waals surface area contributed by atoms with Crippen LogP contribution >= 0.6 is 0 Å². The van der Waals surface area contributed by atoms with Gasteiger partial charge in [0.05, 0.1) is 5.69 Å². The second-order valence-corrected chi connectivity index (χ2v) is 3.28. The Morgan fingerprint density at radius 3 is 2.62 bits per heavy atom. The Kier molecular flexibility index (Phi) is 3.48. The van der Waals surface area contributed by atoms with Crippen LogP contribution in [-0.2, 0) is 6.54 Å². The monoisotopic (exact) mass is 181 g/mol. The van der Waals surface area contributed by atoms with Crippen molar-refractivity contribution in [3.8, 4) is 0 Å². The molecule has 13 heavy (non-hydrogen) atoms. The van der Waals surface area contributed by atoms with Crippen molar-refractivity contribution >= 4 is 0 Å². The van der Waals surface area contributed by atoms with Gasteiger partial charge in [-0.2, -0.15) is 5.10 Å². The molecular formula is C10H19N3. The minimum Gasteiger partial charge on any atom is -0.313 e. The van der Waals surface area contributed by atoms with Crippen molar-refractivity contribution in [3.05, 3.63) is 17.5 Å². The topological polar surface area (TPSA) is 29.9 Å². The van der Waals surface area contributed by atoms with Crippen molar-refractivity contribution in [2.24, 2.45) is 0 Å². The number of hydrogen-bond donors (Lipinski definition) is 1. The van der Waals surface area contributed by atoms with E-state index in [1.54, 1.807) is 0 Å². The Morgan fingerprint density at radius 2 is 2.23 bits per heavy atom. The van der Waals surface area contributed by atoms with E-state index < -0.39 is 0 Å². The first-order chi connectivity index (χ1) is 6.22. The lowest BCUT2D eigenvalue weighted by Gasteiger charge is -2.11. The number of nitrogens with zero attached hydrogens (tertiary/aromatic N) is 2. The van der Waals surface area contributed by atoms with Gasteiger partial charge in [0.25, 0.3) is 0 Å². The second-order valence-electron chi connectivity index (χ2n) is 3.28. The molecule has 0 spiro atoms. The van der Waals surface area contributed by atoms with Crippen molar-refractivity contribution < 1.29 is 0 Å². The van der Waals surface area contributed by atoms with Crippen LogP contribution in [0.2, 0.25) is 0 Å². The number of rotatable bonds is 4. The van der Waals surface area contributed by atoms with Gasteiger partial charge in [-0.1, -0.05) is 6.92 Å². The molecule has 0 fully saturated rings. The quantitative estimate of drug-likeness (QED) is 0.768. The minimum absolute atomic E-state index is 0.445. The lowest BCUT2D eigenvalue weighted by Crippen LogP contribution is -2.15. The van der Waals surface area contributed by atoms with E-state index in [2.05, 4.69) is 37.4 Å². The van der Waals surface area contributed by atoms with Gasteiger partial charge >= 0.3 is 0 Å². The van der Waals surface area contributed by atoms with Gasteiger partial charge in [0.15, 0.2) is 0 Å². The fraction of sp³-hybridized carbons (Fsp3) is 0.700. The molecule has 3 heteroatoms. The van der Waals surface area contributed by atoms with E-state index in [1.807, 2.05) is 11.7 Å². The molecule has 74 valence electrons. The highest BCUT2D eigenvalue weighted by molar-refractivity contribution is 5.19. The van der Waals surface area contributed by atoms with Crippen LogP contribution in [0.4, 0.5) is 0 Å². The van der Waals surface area contributed by atoms with Gasteiger partial charge < -0.3 is 5.32 Å². The third-order valence-corrected chi connectivity index (χ3v) is 2.44. The van der Waals surface area contributed by atoms with Gasteiger partial charge in [-0.05, 0) is 27.3 Å². The average molecular weight is 181 g/mol. The molecule has 1 aromatic rings. The summed E-state index contributed by atoms with van der Waals surface area (Å²) in [5, 5.41) is 7.72. The Hall–Kier alpha value is -0.830. The highest BCUT2D eigenvalue weighted by atomic mass is 15.3. The van der Waals surface area contributed by atoms with Crippen molar-refractivity contribution in [1.29, 1.82) is 0 Å². The van der Waals surface area contributed by atoms with E-state index in [4.69, 9.17) is 0 Å². The molecule has 0 aliphatic heterocycles. The van der Waals surface area contributed by atoms with Crippen LogP contribution in [0.5, 0.6) is 0 Å². The number of aromatic nitrogens is 2. The zero-order valence-corrected chi connectivity index (χ0v) is 8.96. The van der Waals surface area contributed by atoms with E-state index in [-0.39, 0.29) is 0 Å². The Labute approximate surface area is 80.1 Å². The summed E-state index contributed by atoms with van der Waals surface area (Å²) >= 11 is 0. The predicted octanol–water partition coefficient (Wildman–Crippen LogP) is 1.88. The summed E-state index contributed by atoms with van der Waals surface area (Å²) in [5.74, 6) is 0. The van der Waals surface area contributed by atoms with Crippen molar-refractivity contribution in [1.82, 2.24) is 15.1 Å². The van der Waals surface area contributed by atoms with Gasteiger partial charge in [-0.15, -0.1) is 0 Å². The summed E-state index contributed by atoms with van der Waals surface area (Å²) in [4.78, 5) is 0. The highest BCUT2D eigenvalue weighted by Crippen LogP contribution is 2.18. The minimum atomic E-state index is 0.445. The highest BCUT2D eigenvalue weighted by Gasteiger charge is 2.12. The Bertz CT molecular complexity index is 261. The molecule has 3 nitrogen and oxygen atoms in total. The van der Waals surface area contributed by atoms with Crippen LogP contribution in [0.1, 0.15) is 37.6 Å². The summed E-state index contributed by atoms with van der Waals surface area (Å²) in [6.45, 7) is 7.31. The van der Waals surface area contributed by atoms with Gasteiger partial charge in [0.2, 0.25) is 0 Å². The molecule has 0 aliphatic carbocycles. The summed E-state index contributed by atoms with van der Waals surface area (Å²) in [6, 6.07) is 0.445. The molecule has 1 atom stereocenters. The average Bonchev–Trinajstić information content (AvgIpc) is 2.50. The SMILES string of the molecule is CCC(NC)c1cn(CC)nc1C. The largest absolute Gasteiger partial charge is 0.313 e. The molecule has 0 aromatic carbocycles. The van der Waals surface area contributed by atoms with Crippen molar-refractivity contribution in [3.63, 3.8) is 0 Å². The van der Waals surface area contributed by atoms with Crippen LogP contribution in [0.3, 0.4) is 0 Å². The Balaban J connectivity index is 2.91. The smallest absolute Gasteiger partial charge is 0.0641 e. The summed E-state index contributed by atoms with van der Waals surface area (Å²) in [6.07, 6.45) is 3.24. The van der Waals surface area contributed by atoms with E-state index in [1.165, 1.54) is 5.56 Å². The standard InChI is InChI=1S/C10H19N3/c1-5-10(11-4)9-7-13(6-2)12-8(9)3/h7,10-11H,5-6H2,1-4H3. The molecule has 1 rings (SSSR count). The fourth-order valence-electron chi connectivity index (χ4n) is 1.62. The molecule has 1 heterocycles. The normalized spacial score (nSPS) is 13.2. The lowest BCUT2D eigenvalue weighted by atomic mass is 10.1. The third-order valence-electron chi connectivity index (χ3n) is 2.44. The molecular weight excluding hydrogens is 162 g/mol. The zero-order valence-electron chi connectivity index (χ0n) is 8.96. The molecule has 0 saturated heterocycles. The Morgan fingerprint density at radius 1 is 1.54 bits per heavy atom. The summed E-state index contributed by atoms with van der Waals surface area (Å²) < 4.78 is 1.99. The fourth-order valence-corrected chi connectivity index (χ4v) is 1.62. The van der Waals surface area contributed by atoms with E-state index in [0.29, 0.717) is 6.04 Å². The van der Waals surface area contributed by atoms with Crippen molar-refractivity contribution in [2.75, 3.05) is 7.05 Å². The molecule has 0 bridgehead atoms. The molecule has 1 N–H and O–H groups in total. The second kappa shape index (κ2) is 4.42. The van der Waals surface area contributed by atoms with E-state index in [9.17, 15) is 0 Å². The lowest BCUT2D eigenvalue weighted by molar-refractivity contribution is 0.573.